The predicted octanol–water partition coefficient (Wildman–Crippen LogP) is 3.74. The minimum absolute atomic E-state index is 0.327. The number of aromatic nitrogens is 2. The molecule has 0 saturated heterocycles. The molecule has 3 nitrogen and oxygen atoms in total. The molecular formula is C12H18BrN3. The van der Waals surface area contributed by atoms with E-state index in [1.54, 1.807) is 0 Å². The smallest absolute Gasteiger partial charge is 0.134 e. The van der Waals surface area contributed by atoms with Gasteiger partial charge in [0, 0.05) is 18.0 Å². The molecule has 0 saturated carbocycles. The summed E-state index contributed by atoms with van der Waals surface area (Å²) in [5.41, 5.74) is 0. The van der Waals surface area contributed by atoms with Gasteiger partial charge in [-0.15, -0.1) is 6.58 Å². The van der Waals surface area contributed by atoms with Crippen molar-refractivity contribution < 1.29 is 0 Å². The summed E-state index contributed by atoms with van der Waals surface area (Å²) in [7, 11) is 0. The first kappa shape index (κ1) is 13.2. The van der Waals surface area contributed by atoms with Crippen LogP contribution in [0.5, 0.6) is 0 Å². The third-order valence-electron chi connectivity index (χ3n) is 2.14. The molecule has 1 unspecified atom stereocenters. The van der Waals surface area contributed by atoms with Gasteiger partial charge in [0.15, 0.2) is 0 Å². The number of nitrogens with one attached hydrogen (secondary N) is 1. The molecular weight excluding hydrogens is 266 g/mol. The van der Waals surface area contributed by atoms with Gasteiger partial charge in [-0.3, -0.25) is 0 Å². The average Bonchev–Trinajstić information content (AvgIpc) is 2.16. The van der Waals surface area contributed by atoms with E-state index in [0.717, 1.165) is 22.7 Å². The zero-order valence-electron chi connectivity index (χ0n) is 10.00. The van der Waals surface area contributed by atoms with Crippen molar-refractivity contribution in [1.29, 1.82) is 0 Å². The maximum absolute atomic E-state index is 4.47. The van der Waals surface area contributed by atoms with Gasteiger partial charge in [0.05, 0.1) is 0 Å². The van der Waals surface area contributed by atoms with E-state index in [0.29, 0.717) is 12.0 Å². The molecule has 0 spiro atoms. The van der Waals surface area contributed by atoms with Crippen molar-refractivity contribution in [1.82, 2.24) is 9.97 Å². The summed E-state index contributed by atoms with van der Waals surface area (Å²) in [4.78, 5) is 8.80. The van der Waals surface area contributed by atoms with Gasteiger partial charge in [-0.25, -0.2) is 9.97 Å². The standard InChI is InChI=1S/C12H18BrN3/c1-5-6-9(4)14-11-7-10(13)15-12(16-11)8(2)3/h5,7-9H,1,6H2,2-4H3,(H,14,15,16). The first-order valence-corrected chi connectivity index (χ1v) is 6.24. The molecule has 0 aliphatic rings. The van der Waals surface area contributed by atoms with Crippen LogP contribution in [0.3, 0.4) is 0 Å². The van der Waals surface area contributed by atoms with Gasteiger partial charge in [-0.05, 0) is 29.3 Å². The SMILES string of the molecule is C=CCC(C)Nc1cc(Br)nc(C(C)C)n1. The first-order valence-electron chi connectivity index (χ1n) is 5.44. The number of hydrogen-bond acceptors (Lipinski definition) is 3. The molecule has 0 aromatic carbocycles. The normalized spacial score (nSPS) is 12.6. The molecule has 1 N–H and O–H groups in total. The lowest BCUT2D eigenvalue weighted by atomic mass is 10.2. The second-order valence-electron chi connectivity index (χ2n) is 4.16. The minimum Gasteiger partial charge on any atom is -0.367 e. The predicted molar refractivity (Wildman–Crippen MR) is 71.7 cm³/mol. The third-order valence-corrected chi connectivity index (χ3v) is 2.55. The lowest BCUT2D eigenvalue weighted by molar-refractivity contribution is 0.756. The quantitative estimate of drug-likeness (QED) is 0.661. The fraction of sp³-hybridized carbons (Fsp3) is 0.500. The van der Waals surface area contributed by atoms with Crippen LogP contribution in [-0.4, -0.2) is 16.0 Å². The van der Waals surface area contributed by atoms with Crippen LogP contribution < -0.4 is 5.32 Å². The molecule has 0 aliphatic carbocycles. The van der Waals surface area contributed by atoms with Crippen LogP contribution >= 0.6 is 15.9 Å². The van der Waals surface area contributed by atoms with Gasteiger partial charge in [-0.2, -0.15) is 0 Å². The van der Waals surface area contributed by atoms with Crippen LogP contribution in [0.2, 0.25) is 0 Å². The molecule has 4 heteroatoms. The van der Waals surface area contributed by atoms with Gasteiger partial charge in [-0.1, -0.05) is 19.9 Å². The van der Waals surface area contributed by atoms with E-state index in [2.05, 4.69) is 58.6 Å². The summed E-state index contributed by atoms with van der Waals surface area (Å²) in [5, 5.41) is 3.33. The number of hydrogen-bond donors (Lipinski definition) is 1. The van der Waals surface area contributed by atoms with Crippen LogP contribution in [0.25, 0.3) is 0 Å². The molecule has 1 atom stereocenters. The van der Waals surface area contributed by atoms with Crippen LogP contribution in [-0.2, 0) is 0 Å². The molecule has 88 valence electrons. The Morgan fingerprint density at radius 1 is 1.44 bits per heavy atom. The van der Waals surface area contributed by atoms with E-state index < -0.39 is 0 Å². The summed E-state index contributed by atoms with van der Waals surface area (Å²) in [6, 6.07) is 2.23. The van der Waals surface area contributed by atoms with Gasteiger partial charge in [0.25, 0.3) is 0 Å². The summed E-state index contributed by atoms with van der Waals surface area (Å²) < 4.78 is 0.819. The topological polar surface area (TPSA) is 37.8 Å². The highest BCUT2D eigenvalue weighted by Gasteiger charge is 2.08. The van der Waals surface area contributed by atoms with Crippen molar-refractivity contribution in [3.05, 3.63) is 29.1 Å². The van der Waals surface area contributed by atoms with Gasteiger partial charge in [0.1, 0.15) is 16.2 Å². The highest BCUT2D eigenvalue weighted by atomic mass is 79.9. The van der Waals surface area contributed by atoms with E-state index in [1.807, 2.05) is 12.1 Å². The van der Waals surface area contributed by atoms with E-state index in [1.165, 1.54) is 0 Å². The van der Waals surface area contributed by atoms with Crippen LogP contribution in [0.15, 0.2) is 23.3 Å². The molecule has 0 amide bonds. The number of rotatable bonds is 5. The Balaban J connectivity index is 2.83. The summed E-state index contributed by atoms with van der Waals surface area (Å²) in [5.74, 6) is 2.04. The number of nitrogens with zero attached hydrogens (tertiary/aromatic N) is 2. The monoisotopic (exact) mass is 283 g/mol. The van der Waals surface area contributed by atoms with Crippen molar-refractivity contribution in [2.24, 2.45) is 0 Å². The Morgan fingerprint density at radius 2 is 2.12 bits per heavy atom. The molecule has 0 radical (unpaired) electrons. The molecule has 1 rings (SSSR count). The molecule has 0 aliphatic heterocycles. The number of anilines is 1. The Hall–Kier alpha value is -0.900. The molecule has 0 fully saturated rings. The molecule has 1 heterocycles. The summed E-state index contributed by atoms with van der Waals surface area (Å²) in [6.45, 7) is 9.99. The van der Waals surface area contributed by atoms with Crippen molar-refractivity contribution in [3.63, 3.8) is 0 Å². The van der Waals surface area contributed by atoms with Crippen molar-refractivity contribution in [2.75, 3.05) is 5.32 Å². The highest BCUT2D eigenvalue weighted by Crippen LogP contribution is 2.18. The first-order chi connectivity index (χ1) is 7.52. The van der Waals surface area contributed by atoms with Gasteiger partial charge >= 0.3 is 0 Å². The zero-order chi connectivity index (χ0) is 12.1. The van der Waals surface area contributed by atoms with Crippen LogP contribution in [0.4, 0.5) is 5.82 Å². The van der Waals surface area contributed by atoms with E-state index >= 15 is 0 Å². The maximum Gasteiger partial charge on any atom is 0.134 e. The van der Waals surface area contributed by atoms with Crippen molar-refractivity contribution >= 4 is 21.7 Å². The summed E-state index contributed by atoms with van der Waals surface area (Å²) in [6.07, 6.45) is 2.82. The molecule has 16 heavy (non-hydrogen) atoms. The number of halogens is 1. The lowest BCUT2D eigenvalue weighted by Gasteiger charge is -2.14. The maximum atomic E-state index is 4.47. The van der Waals surface area contributed by atoms with E-state index in [4.69, 9.17) is 0 Å². The second kappa shape index (κ2) is 5.99. The van der Waals surface area contributed by atoms with E-state index in [9.17, 15) is 0 Å². The van der Waals surface area contributed by atoms with Crippen LogP contribution in [0, 0.1) is 0 Å². The van der Waals surface area contributed by atoms with Gasteiger partial charge < -0.3 is 5.32 Å². The fourth-order valence-corrected chi connectivity index (χ4v) is 1.73. The Bertz CT molecular complexity index is 363. The largest absolute Gasteiger partial charge is 0.367 e. The van der Waals surface area contributed by atoms with Crippen molar-refractivity contribution in [3.8, 4) is 0 Å². The second-order valence-corrected chi connectivity index (χ2v) is 4.97. The lowest BCUT2D eigenvalue weighted by Crippen LogP contribution is -2.16. The minimum atomic E-state index is 0.327. The zero-order valence-corrected chi connectivity index (χ0v) is 11.6. The van der Waals surface area contributed by atoms with Crippen LogP contribution in [0.1, 0.15) is 38.9 Å². The summed E-state index contributed by atoms with van der Waals surface area (Å²) >= 11 is 3.40. The third kappa shape index (κ3) is 3.93. The Kier molecular flexibility index (Phi) is 4.93. The van der Waals surface area contributed by atoms with Crippen molar-refractivity contribution in [2.45, 2.75) is 39.2 Å². The molecule has 1 aromatic heterocycles. The van der Waals surface area contributed by atoms with Gasteiger partial charge in [0.2, 0.25) is 0 Å². The Morgan fingerprint density at radius 3 is 2.69 bits per heavy atom. The fourth-order valence-electron chi connectivity index (χ4n) is 1.33. The van der Waals surface area contributed by atoms with E-state index in [-0.39, 0.29) is 0 Å². The molecule has 0 bridgehead atoms. The Labute approximate surface area is 106 Å². The highest BCUT2D eigenvalue weighted by molar-refractivity contribution is 9.10. The molecule has 1 aromatic rings. The average molecular weight is 284 g/mol.